The third-order valence-electron chi connectivity index (χ3n) is 4.01. The summed E-state index contributed by atoms with van der Waals surface area (Å²) in [7, 11) is 2.75. The number of rotatable bonds is 6. The molecule has 5 N–H and O–H groups in total. The Morgan fingerprint density at radius 1 is 1.41 bits per heavy atom. The van der Waals surface area contributed by atoms with Gasteiger partial charge in [-0.2, -0.15) is 0 Å². The molecule has 0 aromatic rings. The minimum atomic E-state index is -3.54. The van der Waals surface area contributed by atoms with Crippen molar-refractivity contribution in [3.05, 3.63) is 0 Å². The Morgan fingerprint density at radius 2 is 1.95 bits per heavy atom. The summed E-state index contributed by atoms with van der Waals surface area (Å²) in [5.41, 5.74) is 5.89. The Hall–Kier alpha value is -0.870. The van der Waals surface area contributed by atoms with Gasteiger partial charge in [0.05, 0.1) is 6.04 Å². The number of amides is 1. The highest BCUT2D eigenvalue weighted by atomic mass is 19.3. The van der Waals surface area contributed by atoms with Crippen molar-refractivity contribution in [1.29, 1.82) is 0 Å². The van der Waals surface area contributed by atoms with E-state index in [0.29, 0.717) is 0 Å². The number of alkyl halides is 2. The summed E-state index contributed by atoms with van der Waals surface area (Å²) in [4.78, 5) is 11.7. The van der Waals surface area contributed by atoms with Crippen LogP contribution in [0.2, 0.25) is 0 Å². The highest BCUT2D eigenvalue weighted by Crippen LogP contribution is 2.26. The molecule has 0 radical (unpaired) electrons. The van der Waals surface area contributed by atoms with Crippen molar-refractivity contribution in [3.8, 4) is 0 Å². The number of nitrogens with two attached hydrogens (primary N) is 1. The Bertz CT molecular complexity index is 385. The Balaban J connectivity index is 2.79. The second-order valence-corrected chi connectivity index (χ2v) is 5.42. The third kappa shape index (κ3) is 3.90. The molecule has 1 saturated carbocycles. The van der Waals surface area contributed by atoms with Crippen molar-refractivity contribution in [2.24, 2.45) is 5.73 Å². The number of aliphatic hydroxyl groups excluding tert-OH is 2. The van der Waals surface area contributed by atoms with Crippen LogP contribution in [-0.2, 0) is 14.3 Å². The van der Waals surface area contributed by atoms with Gasteiger partial charge in [-0.15, -0.1) is 0 Å². The van der Waals surface area contributed by atoms with Crippen molar-refractivity contribution in [3.63, 3.8) is 0 Å². The van der Waals surface area contributed by atoms with Crippen LogP contribution in [0.15, 0.2) is 0 Å². The van der Waals surface area contributed by atoms with E-state index in [1.54, 1.807) is 0 Å². The van der Waals surface area contributed by atoms with E-state index in [2.05, 4.69) is 5.32 Å². The van der Waals surface area contributed by atoms with E-state index in [1.165, 1.54) is 14.2 Å². The van der Waals surface area contributed by atoms with E-state index in [9.17, 15) is 23.8 Å². The molecule has 1 rings (SSSR count). The third-order valence-corrected chi connectivity index (χ3v) is 4.01. The predicted molar refractivity (Wildman–Crippen MR) is 73.4 cm³/mol. The molecule has 130 valence electrons. The summed E-state index contributed by atoms with van der Waals surface area (Å²) in [6.07, 6.45) is -5.66. The summed E-state index contributed by atoms with van der Waals surface area (Å²) in [6, 6.07) is -1.48. The van der Waals surface area contributed by atoms with Gasteiger partial charge in [0, 0.05) is 26.7 Å². The van der Waals surface area contributed by atoms with Crippen LogP contribution in [-0.4, -0.2) is 72.8 Å². The molecule has 9 heteroatoms. The van der Waals surface area contributed by atoms with Crippen molar-refractivity contribution in [2.45, 2.75) is 62.2 Å². The van der Waals surface area contributed by atoms with E-state index in [-0.39, 0.29) is 6.42 Å². The number of halogens is 2. The van der Waals surface area contributed by atoms with E-state index in [4.69, 9.17) is 15.2 Å². The fraction of sp³-hybridized carbons (Fsp3) is 0.923. The van der Waals surface area contributed by atoms with Gasteiger partial charge >= 0.3 is 0 Å². The van der Waals surface area contributed by atoms with Gasteiger partial charge in [-0.25, -0.2) is 8.78 Å². The highest BCUT2D eigenvalue weighted by Gasteiger charge is 2.47. The van der Waals surface area contributed by atoms with Gasteiger partial charge in [-0.05, 0) is 6.42 Å². The first kappa shape index (κ1) is 19.2. The van der Waals surface area contributed by atoms with Crippen LogP contribution in [0.25, 0.3) is 0 Å². The molecule has 1 aliphatic rings. The number of nitrogens with one attached hydrogen (secondary N) is 1. The van der Waals surface area contributed by atoms with Gasteiger partial charge in [-0.3, -0.25) is 4.79 Å². The molecular weight excluding hydrogens is 302 g/mol. The Labute approximate surface area is 127 Å². The SMILES string of the molecule is CCC(F)(F)C(O)C(=O)N[C@@H]1C[C@H](N)[C@@H](OC)[C@H](OC)C1O. The number of hydrogen-bond donors (Lipinski definition) is 4. The first-order chi connectivity index (χ1) is 10.2. The molecule has 1 aliphatic carbocycles. The van der Waals surface area contributed by atoms with Crippen LogP contribution in [0, 0.1) is 0 Å². The maximum atomic E-state index is 13.3. The van der Waals surface area contributed by atoms with E-state index < -0.39 is 54.8 Å². The molecule has 6 atom stereocenters. The lowest BCUT2D eigenvalue weighted by atomic mass is 9.84. The maximum Gasteiger partial charge on any atom is 0.282 e. The highest BCUT2D eigenvalue weighted by molar-refractivity contribution is 5.82. The molecule has 0 aromatic carbocycles. The Kier molecular flexibility index (Phi) is 6.63. The number of methoxy groups -OCH3 is 2. The van der Waals surface area contributed by atoms with Crippen LogP contribution in [0.1, 0.15) is 19.8 Å². The van der Waals surface area contributed by atoms with E-state index >= 15 is 0 Å². The largest absolute Gasteiger partial charge is 0.388 e. The zero-order valence-corrected chi connectivity index (χ0v) is 12.8. The lowest BCUT2D eigenvalue weighted by Crippen LogP contribution is -2.65. The van der Waals surface area contributed by atoms with Crippen molar-refractivity contribution in [1.82, 2.24) is 5.32 Å². The molecular formula is C13H24F2N2O5. The van der Waals surface area contributed by atoms with Gasteiger partial charge in [0.25, 0.3) is 11.8 Å². The smallest absolute Gasteiger partial charge is 0.282 e. The first-order valence-corrected chi connectivity index (χ1v) is 7.05. The van der Waals surface area contributed by atoms with Gasteiger partial charge < -0.3 is 30.7 Å². The minimum Gasteiger partial charge on any atom is -0.388 e. The summed E-state index contributed by atoms with van der Waals surface area (Å²) in [5.74, 6) is -4.80. The number of carbonyl (C=O) groups excluding carboxylic acids is 1. The average molecular weight is 326 g/mol. The van der Waals surface area contributed by atoms with E-state index in [1.807, 2.05) is 0 Å². The van der Waals surface area contributed by atoms with Crippen LogP contribution in [0.5, 0.6) is 0 Å². The molecule has 0 saturated heterocycles. The van der Waals surface area contributed by atoms with Crippen LogP contribution in [0.4, 0.5) is 8.78 Å². The summed E-state index contributed by atoms with van der Waals surface area (Å²) in [5, 5.41) is 21.8. The predicted octanol–water partition coefficient (Wildman–Crippen LogP) is -1.00. The van der Waals surface area contributed by atoms with Gasteiger partial charge in [0.15, 0.2) is 6.10 Å². The first-order valence-electron chi connectivity index (χ1n) is 7.05. The number of ether oxygens (including phenoxy) is 2. The van der Waals surface area contributed by atoms with Gasteiger partial charge in [0.1, 0.15) is 18.3 Å². The van der Waals surface area contributed by atoms with Gasteiger partial charge in [-0.1, -0.05) is 6.92 Å². The standard InChI is InChI=1S/C13H24F2N2O5/c1-4-13(14,15)11(19)12(20)17-7-5-6(16)9(21-2)10(22-3)8(7)18/h6-11,18-19H,4-5,16H2,1-3H3,(H,17,20)/t6-,7+,8?,9+,10+,11?/m0/s1. The zero-order chi connectivity index (χ0) is 17.1. The summed E-state index contributed by atoms with van der Waals surface area (Å²) >= 11 is 0. The van der Waals surface area contributed by atoms with Crippen LogP contribution >= 0.6 is 0 Å². The average Bonchev–Trinajstić information content (AvgIpc) is 2.49. The fourth-order valence-corrected chi connectivity index (χ4v) is 2.61. The van der Waals surface area contributed by atoms with Crippen molar-refractivity contribution >= 4 is 5.91 Å². The molecule has 22 heavy (non-hydrogen) atoms. The maximum absolute atomic E-state index is 13.3. The normalized spacial score (nSPS) is 34.3. The van der Waals surface area contributed by atoms with Gasteiger partial charge in [0.2, 0.25) is 0 Å². The molecule has 1 amide bonds. The lowest BCUT2D eigenvalue weighted by Gasteiger charge is -2.42. The molecule has 1 fully saturated rings. The number of carbonyl (C=O) groups is 1. The second-order valence-electron chi connectivity index (χ2n) is 5.42. The fourth-order valence-electron chi connectivity index (χ4n) is 2.61. The molecule has 0 spiro atoms. The topological polar surface area (TPSA) is 114 Å². The quantitative estimate of drug-likeness (QED) is 0.498. The lowest BCUT2D eigenvalue weighted by molar-refractivity contribution is -0.162. The second kappa shape index (κ2) is 7.60. The van der Waals surface area contributed by atoms with E-state index in [0.717, 1.165) is 6.92 Å². The van der Waals surface area contributed by atoms with Crippen LogP contribution in [0.3, 0.4) is 0 Å². The van der Waals surface area contributed by atoms with Crippen LogP contribution < -0.4 is 11.1 Å². The molecule has 0 heterocycles. The Morgan fingerprint density at radius 3 is 2.41 bits per heavy atom. The molecule has 7 nitrogen and oxygen atoms in total. The number of aliphatic hydroxyl groups is 2. The monoisotopic (exact) mass is 326 g/mol. The molecule has 0 aliphatic heterocycles. The minimum absolute atomic E-state index is 0.107. The number of hydrogen-bond acceptors (Lipinski definition) is 6. The van der Waals surface area contributed by atoms with Crippen molar-refractivity contribution in [2.75, 3.05) is 14.2 Å². The summed E-state index contributed by atoms with van der Waals surface area (Å²) in [6.45, 7) is 1.16. The summed E-state index contributed by atoms with van der Waals surface area (Å²) < 4.78 is 37.0. The molecule has 0 aromatic heterocycles. The molecule has 2 unspecified atom stereocenters. The zero-order valence-electron chi connectivity index (χ0n) is 12.8. The van der Waals surface area contributed by atoms with Crippen molar-refractivity contribution < 1.29 is 33.3 Å². The molecule has 0 bridgehead atoms.